The minimum absolute atomic E-state index is 0.0751. The van der Waals surface area contributed by atoms with Crippen molar-refractivity contribution in [2.45, 2.75) is 32.6 Å². The molecule has 1 rings (SSSR count). The van der Waals surface area contributed by atoms with Crippen molar-refractivity contribution < 1.29 is 9.59 Å². The molecule has 0 aromatic heterocycles. The first-order chi connectivity index (χ1) is 7.29. The van der Waals surface area contributed by atoms with Crippen LogP contribution in [0.25, 0.3) is 0 Å². The van der Waals surface area contributed by atoms with Crippen LogP contribution >= 0.6 is 0 Å². The van der Waals surface area contributed by atoms with Crippen LogP contribution < -0.4 is 0 Å². The number of carbonyl (C=O) groups is 2. The fraction of sp³-hybridized carbons (Fsp3) is 0.385. The maximum absolute atomic E-state index is 11.7. The summed E-state index contributed by atoms with van der Waals surface area (Å²) >= 11 is 0. The van der Waals surface area contributed by atoms with Gasteiger partial charge in [-0.25, -0.2) is 0 Å². The van der Waals surface area contributed by atoms with Crippen LogP contribution in [0.15, 0.2) is 24.3 Å². The minimum atomic E-state index is 0.0751. The highest BCUT2D eigenvalue weighted by Crippen LogP contribution is 2.11. The predicted molar refractivity (Wildman–Crippen MR) is 60.3 cm³/mol. The third-order valence-electron chi connectivity index (χ3n) is 2.40. The van der Waals surface area contributed by atoms with Gasteiger partial charge in [0.1, 0.15) is 0 Å². The molecule has 0 N–H and O–H groups in total. The van der Waals surface area contributed by atoms with Crippen LogP contribution in [0.2, 0.25) is 0 Å². The van der Waals surface area contributed by atoms with Crippen LogP contribution in [-0.2, 0) is 0 Å². The van der Waals surface area contributed by atoms with Crippen LogP contribution in [0.1, 0.15) is 53.3 Å². The molecule has 0 aliphatic carbocycles. The van der Waals surface area contributed by atoms with E-state index in [0.717, 1.165) is 25.5 Å². The third kappa shape index (κ3) is 3.31. The summed E-state index contributed by atoms with van der Waals surface area (Å²) in [6.07, 6.45) is 4.35. The summed E-state index contributed by atoms with van der Waals surface area (Å²) in [5.41, 5.74) is 1.06. The monoisotopic (exact) mass is 204 g/mol. The molecule has 2 nitrogen and oxygen atoms in total. The summed E-state index contributed by atoms with van der Waals surface area (Å²) in [5, 5.41) is 0. The largest absolute Gasteiger partial charge is 0.298 e. The van der Waals surface area contributed by atoms with Gasteiger partial charge in [0.15, 0.2) is 12.1 Å². The molecule has 0 spiro atoms. The van der Waals surface area contributed by atoms with E-state index in [-0.39, 0.29) is 5.78 Å². The second-order valence-corrected chi connectivity index (χ2v) is 3.59. The van der Waals surface area contributed by atoms with E-state index < -0.39 is 0 Å². The average Bonchev–Trinajstić information content (AvgIpc) is 2.29. The molecule has 80 valence electrons. The predicted octanol–water partition coefficient (Wildman–Crippen LogP) is 3.26. The highest BCUT2D eigenvalue weighted by atomic mass is 16.1. The molecule has 0 atom stereocenters. The smallest absolute Gasteiger partial charge is 0.163 e. The summed E-state index contributed by atoms with van der Waals surface area (Å²) in [6.45, 7) is 2.10. The lowest BCUT2D eigenvalue weighted by atomic mass is 10.0. The van der Waals surface area contributed by atoms with E-state index in [9.17, 15) is 9.59 Å². The first kappa shape index (κ1) is 11.6. The van der Waals surface area contributed by atoms with Gasteiger partial charge in [-0.2, -0.15) is 0 Å². The van der Waals surface area contributed by atoms with Crippen molar-refractivity contribution in [2.24, 2.45) is 0 Å². The number of Topliss-reactive ketones (excluding diaryl/α,β-unsaturated/α-hetero) is 1. The molecule has 0 saturated heterocycles. The molecule has 15 heavy (non-hydrogen) atoms. The van der Waals surface area contributed by atoms with E-state index in [1.807, 2.05) is 0 Å². The Morgan fingerprint density at radius 3 is 2.67 bits per heavy atom. The second kappa shape index (κ2) is 6.12. The Morgan fingerprint density at radius 2 is 2.00 bits per heavy atom. The van der Waals surface area contributed by atoms with E-state index in [4.69, 9.17) is 0 Å². The zero-order valence-electron chi connectivity index (χ0n) is 9.03. The van der Waals surface area contributed by atoms with Crippen molar-refractivity contribution in [1.82, 2.24) is 0 Å². The number of benzene rings is 1. The standard InChI is InChI=1S/C13H16O2/c1-2-3-4-9-13(15)12-8-6-5-7-11(12)10-14/h5-8,10H,2-4,9H2,1H3. The topological polar surface area (TPSA) is 34.1 Å². The molecule has 1 aromatic rings. The number of unbranched alkanes of at least 4 members (excludes halogenated alkanes) is 2. The minimum Gasteiger partial charge on any atom is -0.298 e. The molecular weight excluding hydrogens is 188 g/mol. The zero-order valence-corrected chi connectivity index (χ0v) is 9.03. The van der Waals surface area contributed by atoms with Crippen LogP contribution in [0.5, 0.6) is 0 Å². The van der Waals surface area contributed by atoms with Crippen LogP contribution in [-0.4, -0.2) is 12.1 Å². The van der Waals surface area contributed by atoms with Crippen LogP contribution in [0, 0.1) is 0 Å². The highest BCUT2D eigenvalue weighted by molar-refractivity contribution is 6.02. The van der Waals surface area contributed by atoms with E-state index in [2.05, 4.69) is 6.92 Å². The Kier molecular flexibility index (Phi) is 4.75. The molecule has 1 aromatic carbocycles. The fourth-order valence-corrected chi connectivity index (χ4v) is 1.52. The summed E-state index contributed by atoms with van der Waals surface area (Å²) < 4.78 is 0. The summed E-state index contributed by atoms with van der Waals surface area (Å²) in [6, 6.07) is 6.96. The molecular formula is C13H16O2. The molecule has 0 aliphatic rings. The van der Waals surface area contributed by atoms with E-state index in [1.165, 1.54) is 0 Å². The highest BCUT2D eigenvalue weighted by Gasteiger charge is 2.09. The molecule has 0 aliphatic heterocycles. The Bertz CT molecular complexity index is 342. The zero-order chi connectivity index (χ0) is 11.1. The molecule has 0 radical (unpaired) electrons. The Balaban J connectivity index is 2.68. The number of hydrogen-bond donors (Lipinski definition) is 0. The van der Waals surface area contributed by atoms with Crippen LogP contribution in [0.3, 0.4) is 0 Å². The third-order valence-corrected chi connectivity index (χ3v) is 2.40. The first-order valence-corrected chi connectivity index (χ1v) is 5.37. The second-order valence-electron chi connectivity index (χ2n) is 3.59. The van der Waals surface area contributed by atoms with Gasteiger partial charge in [-0.15, -0.1) is 0 Å². The van der Waals surface area contributed by atoms with Gasteiger partial charge < -0.3 is 0 Å². The number of carbonyl (C=O) groups excluding carboxylic acids is 2. The van der Waals surface area contributed by atoms with E-state index >= 15 is 0 Å². The van der Waals surface area contributed by atoms with Gasteiger partial charge in [0.05, 0.1) is 0 Å². The maximum Gasteiger partial charge on any atom is 0.163 e. The van der Waals surface area contributed by atoms with Gasteiger partial charge in [0.25, 0.3) is 0 Å². The van der Waals surface area contributed by atoms with E-state index in [1.54, 1.807) is 24.3 Å². The fourth-order valence-electron chi connectivity index (χ4n) is 1.52. The molecule has 0 saturated carbocycles. The summed E-state index contributed by atoms with van der Waals surface area (Å²) in [5.74, 6) is 0.0751. The van der Waals surface area contributed by atoms with Gasteiger partial charge in [0, 0.05) is 17.5 Å². The van der Waals surface area contributed by atoms with Gasteiger partial charge >= 0.3 is 0 Å². The van der Waals surface area contributed by atoms with Crippen molar-refractivity contribution in [3.05, 3.63) is 35.4 Å². The maximum atomic E-state index is 11.7. The average molecular weight is 204 g/mol. The van der Waals surface area contributed by atoms with Gasteiger partial charge in [-0.05, 0) is 6.42 Å². The lowest BCUT2D eigenvalue weighted by Gasteiger charge is -2.02. The van der Waals surface area contributed by atoms with Gasteiger partial charge in [0.2, 0.25) is 0 Å². The van der Waals surface area contributed by atoms with Crippen molar-refractivity contribution in [1.29, 1.82) is 0 Å². The lowest BCUT2D eigenvalue weighted by molar-refractivity contribution is 0.0973. The molecule has 2 heteroatoms. The normalized spacial score (nSPS) is 9.93. The Morgan fingerprint density at radius 1 is 1.27 bits per heavy atom. The van der Waals surface area contributed by atoms with Crippen molar-refractivity contribution in [3.63, 3.8) is 0 Å². The molecule has 0 heterocycles. The molecule has 0 amide bonds. The van der Waals surface area contributed by atoms with Crippen LogP contribution in [0.4, 0.5) is 0 Å². The van der Waals surface area contributed by atoms with Crippen molar-refractivity contribution >= 4 is 12.1 Å². The molecule has 0 fully saturated rings. The van der Waals surface area contributed by atoms with Crippen molar-refractivity contribution in [3.8, 4) is 0 Å². The first-order valence-electron chi connectivity index (χ1n) is 5.37. The lowest BCUT2D eigenvalue weighted by Crippen LogP contribution is -2.02. The number of hydrogen-bond acceptors (Lipinski definition) is 2. The molecule has 0 bridgehead atoms. The van der Waals surface area contributed by atoms with Crippen molar-refractivity contribution in [2.75, 3.05) is 0 Å². The number of rotatable bonds is 6. The Labute approximate surface area is 90.3 Å². The summed E-state index contributed by atoms with van der Waals surface area (Å²) in [4.78, 5) is 22.4. The quantitative estimate of drug-likeness (QED) is 0.405. The molecule has 0 unspecified atom stereocenters. The van der Waals surface area contributed by atoms with Gasteiger partial charge in [-0.1, -0.05) is 44.0 Å². The number of ketones is 1. The van der Waals surface area contributed by atoms with Gasteiger partial charge in [-0.3, -0.25) is 9.59 Å². The number of aldehydes is 1. The summed E-state index contributed by atoms with van der Waals surface area (Å²) in [7, 11) is 0. The van der Waals surface area contributed by atoms with E-state index in [0.29, 0.717) is 17.5 Å². The SMILES string of the molecule is CCCCCC(=O)c1ccccc1C=O. The Hall–Kier alpha value is -1.44.